The summed E-state index contributed by atoms with van der Waals surface area (Å²) in [5.74, 6) is 6.65. The molecular formula is C13H12ClN. The summed E-state index contributed by atoms with van der Waals surface area (Å²) in [7, 11) is 0. The number of halogens is 1. The maximum absolute atomic E-state index is 8.79. The minimum absolute atomic E-state index is 0.557. The summed E-state index contributed by atoms with van der Waals surface area (Å²) in [4.78, 5) is 0. The normalized spacial score (nSPS) is 8.93. The SMILES string of the molecule is Cc1cc(C#N)cc(C)c1C#CCCCl. The molecule has 0 saturated heterocycles. The molecular weight excluding hydrogens is 206 g/mol. The van der Waals surface area contributed by atoms with Crippen LogP contribution in [-0.4, -0.2) is 5.88 Å². The minimum Gasteiger partial charge on any atom is -0.192 e. The Labute approximate surface area is 95.7 Å². The van der Waals surface area contributed by atoms with Crippen LogP contribution in [0, 0.1) is 37.0 Å². The fraction of sp³-hybridized carbons (Fsp3) is 0.308. The lowest BCUT2D eigenvalue weighted by molar-refractivity contribution is 1.28. The van der Waals surface area contributed by atoms with E-state index < -0.39 is 0 Å². The van der Waals surface area contributed by atoms with E-state index in [4.69, 9.17) is 16.9 Å². The molecule has 0 aliphatic rings. The third kappa shape index (κ3) is 3.01. The average Bonchev–Trinajstić information content (AvgIpc) is 2.22. The van der Waals surface area contributed by atoms with Crippen molar-refractivity contribution in [2.75, 3.05) is 5.88 Å². The van der Waals surface area contributed by atoms with Crippen molar-refractivity contribution >= 4 is 11.6 Å². The van der Waals surface area contributed by atoms with E-state index in [1.165, 1.54) is 0 Å². The molecule has 0 radical (unpaired) electrons. The summed E-state index contributed by atoms with van der Waals surface area (Å²) in [6.45, 7) is 3.94. The predicted molar refractivity (Wildman–Crippen MR) is 62.8 cm³/mol. The van der Waals surface area contributed by atoms with E-state index in [0.717, 1.165) is 16.7 Å². The lowest BCUT2D eigenvalue weighted by atomic mass is 10.00. The number of nitrogens with zero attached hydrogens (tertiary/aromatic N) is 1. The second-order valence-electron chi connectivity index (χ2n) is 3.34. The Bertz CT molecular complexity index is 435. The van der Waals surface area contributed by atoms with Crippen molar-refractivity contribution in [3.63, 3.8) is 0 Å². The summed E-state index contributed by atoms with van der Waals surface area (Å²) in [6.07, 6.45) is 0.695. The molecule has 0 spiro atoms. The van der Waals surface area contributed by atoms with E-state index in [-0.39, 0.29) is 0 Å². The van der Waals surface area contributed by atoms with Crippen LogP contribution in [-0.2, 0) is 0 Å². The topological polar surface area (TPSA) is 23.8 Å². The van der Waals surface area contributed by atoms with E-state index in [1.54, 1.807) is 0 Å². The van der Waals surface area contributed by atoms with Crippen LogP contribution in [0.3, 0.4) is 0 Å². The van der Waals surface area contributed by atoms with E-state index in [0.29, 0.717) is 17.9 Å². The number of rotatable bonds is 1. The zero-order valence-electron chi connectivity index (χ0n) is 8.89. The molecule has 0 fully saturated rings. The summed E-state index contributed by atoms with van der Waals surface area (Å²) in [5, 5.41) is 8.79. The van der Waals surface area contributed by atoms with Crippen molar-refractivity contribution in [1.29, 1.82) is 5.26 Å². The Kier molecular flexibility index (Phi) is 4.22. The van der Waals surface area contributed by atoms with Gasteiger partial charge in [-0.05, 0) is 37.1 Å². The molecule has 2 heteroatoms. The molecule has 76 valence electrons. The number of alkyl halides is 1. The monoisotopic (exact) mass is 217 g/mol. The smallest absolute Gasteiger partial charge is 0.0991 e. The zero-order chi connectivity index (χ0) is 11.3. The molecule has 1 aromatic carbocycles. The summed E-state index contributed by atoms with van der Waals surface area (Å²) < 4.78 is 0. The van der Waals surface area contributed by atoms with Crippen LogP contribution < -0.4 is 0 Å². The Morgan fingerprint density at radius 2 is 1.87 bits per heavy atom. The summed E-state index contributed by atoms with van der Waals surface area (Å²) >= 11 is 5.55. The number of nitriles is 1. The van der Waals surface area contributed by atoms with Gasteiger partial charge in [0, 0.05) is 17.9 Å². The number of aryl methyl sites for hydroxylation is 2. The quantitative estimate of drug-likeness (QED) is 0.524. The molecule has 0 aliphatic carbocycles. The molecule has 0 N–H and O–H groups in total. The molecule has 0 heterocycles. The number of hydrogen-bond acceptors (Lipinski definition) is 1. The summed E-state index contributed by atoms with van der Waals surface area (Å²) in [5.41, 5.74) is 3.80. The van der Waals surface area contributed by atoms with Gasteiger partial charge in [-0.15, -0.1) is 11.6 Å². The largest absolute Gasteiger partial charge is 0.192 e. The van der Waals surface area contributed by atoms with Crippen LogP contribution in [0.1, 0.15) is 28.7 Å². The molecule has 0 saturated carbocycles. The standard InChI is InChI=1S/C13H12ClN/c1-10-7-12(9-15)8-11(2)13(10)5-3-4-6-14/h7-8H,4,6H2,1-2H3. The lowest BCUT2D eigenvalue weighted by Crippen LogP contribution is -1.90. The first-order valence-electron chi connectivity index (χ1n) is 4.75. The lowest BCUT2D eigenvalue weighted by Gasteiger charge is -2.03. The minimum atomic E-state index is 0.557. The molecule has 0 unspecified atom stereocenters. The van der Waals surface area contributed by atoms with E-state index >= 15 is 0 Å². The zero-order valence-corrected chi connectivity index (χ0v) is 9.65. The van der Waals surface area contributed by atoms with Crippen LogP contribution in [0.25, 0.3) is 0 Å². The Hall–Kier alpha value is -1.44. The molecule has 1 nitrogen and oxygen atoms in total. The Morgan fingerprint density at radius 1 is 1.27 bits per heavy atom. The van der Waals surface area contributed by atoms with Gasteiger partial charge in [-0.25, -0.2) is 0 Å². The molecule has 15 heavy (non-hydrogen) atoms. The highest BCUT2D eigenvalue weighted by molar-refractivity contribution is 6.18. The molecule has 0 atom stereocenters. The highest BCUT2D eigenvalue weighted by atomic mass is 35.5. The van der Waals surface area contributed by atoms with E-state index in [2.05, 4.69) is 17.9 Å². The molecule has 1 rings (SSSR count). The Morgan fingerprint density at radius 3 is 2.33 bits per heavy atom. The van der Waals surface area contributed by atoms with Gasteiger partial charge >= 0.3 is 0 Å². The molecule has 0 aromatic heterocycles. The van der Waals surface area contributed by atoms with Crippen LogP contribution in [0.2, 0.25) is 0 Å². The van der Waals surface area contributed by atoms with Crippen molar-refractivity contribution in [3.05, 3.63) is 34.4 Å². The number of benzene rings is 1. The van der Waals surface area contributed by atoms with Crippen molar-refractivity contribution in [1.82, 2.24) is 0 Å². The first kappa shape index (κ1) is 11.6. The van der Waals surface area contributed by atoms with Crippen LogP contribution in [0.5, 0.6) is 0 Å². The van der Waals surface area contributed by atoms with Gasteiger partial charge in [-0.3, -0.25) is 0 Å². The molecule has 1 aromatic rings. The third-order valence-corrected chi connectivity index (χ3v) is 2.28. The van der Waals surface area contributed by atoms with Gasteiger partial charge in [0.1, 0.15) is 0 Å². The van der Waals surface area contributed by atoms with Gasteiger partial charge in [0.05, 0.1) is 11.6 Å². The van der Waals surface area contributed by atoms with Crippen LogP contribution >= 0.6 is 11.6 Å². The molecule has 0 amide bonds. The predicted octanol–water partition coefficient (Wildman–Crippen LogP) is 3.16. The fourth-order valence-corrected chi connectivity index (χ4v) is 1.52. The van der Waals surface area contributed by atoms with Gasteiger partial charge in [-0.1, -0.05) is 11.8 Å². The molecule has 0 aliphatic heterocycles. The van der Waals surface area contributed by atoms with Gasteiger partial charge in [0.2, 0.25) is 0 Å². The van der Waals surface area contributed by atoms with E-state index in [1.807, 2.05) is 26.0 Å². The third-order valence-electron chi connectivity index (χ3n) is 2.09. The second kappa shape index (κ2) is 5.44. The Balaban J connectivity index is 3.12. The van der Waals surface area contributed by atoms with Gasteiger partial charge in [0.25, 0.3) is 0 Å². The average molecular weight is 218 g/mol. The maximum Gasteiger partial charge on any atom is 0.0991 e. The van der Waals surface area contributed by atoms with Crippen LogP contribution in [0.4, 0.5) is 0 Å². The second-order valence-corrected chi connectivity index (χ2v) is 3.72. The molecule has 0 bridgehead atoms. The van der Waals surface area contributed by atoms with Gasteiger partial charge < -0.3 is 0 Å². The van der Waals surface area contributed by atoms with Crippen molar-refractivity contribution in [2.24, 2.45) is 0 Å². The van der Waals surface area contributed by atoms with Crippen molar-refractivity contribution < 1.29 is 0 Å². The highest BCUT2D eigenvalue weighted by Gasteiger charge is 2.01. The number of hydrogen-bond donors (Lipinski definition) is 0. The first-order valence-corrected chi connectivity index (χ1v) is 5.28. The maximum atomic E-state index is 8.79. The van der Waals surface area contributed by atoms with Crippen LogP contribution in [0.15, 0.2) is 12.1 Å². The van der Waals surface area contributed by atoms with Crippen molar-refractivity contribution in [3.8, 4) is 17.9 Å². The van der Waals surface area contributed by atoms with Crippen molar-refractivity contribution in [2.45, 2.75) is 20.3 Å². The van der Waals surface area contributed by atoms with E-state index in [9.17, 15) is 0 Å². The van der Waals surface area contributed by atoms with Gasteiger partial charge in [-0.2, -0.15) is 5.26 Å². The van der Waals surface area contributed by atoms with Gasteiger partial charge in [0.15, 0.2) is 0 Å². The first-order chi connectivity index (χ1) is 7.19. The fourth-order valence-electron chi connectivity index (χ4n) is 1.42. The highest BCUT2D eigenvalue weighted by Crippen LogP contribution is 2.15. The summed E-state index contributed by atoms with van der Waals surface area (Å²) in [6, 6.07) is 5.85.